The molecule has 0 spiro atoms. The van der Waals surface area contributed by atoms with Crippen LogP contribution in [-0.4, -0.2) is 72.8 Å². The van der Waals surface area contributed by atoms with Crippen molar-refractivity contribution in [3.05, 3.63) is 48.3 Å². The fourth-order valence-electron chi connectivity index (χ4n) is 3.85. The van der Waals surface area contributed by atoms with Gasteiger partial charge in [0.05, 0.1) is 5.56 Å². The van der Waals surface area contributed by atoms with Gasteiger partial charge in [-0.3, -0.25) is 9.69 Å². The number of nitrogens with zero attached hydrogens (tertiary/aromatic N) is 5. The molecular formula is C20H25N5O3S. The molecule has 1 aromatic heterocycles. The number of unbranched alkanes of at least 4 members (excludes halogenated alkanes) is 2. The Morgan fingerprint density at radius 1 is 0.862 bits per heavy atom. The van der Waals surface area contributed by atoms with Crippen molar-refractivity contribution in [1.29, 1.82) is 0 Å². The Morgan fingerprint density at radius 3 is 2.28 bits per heavy atom. The molecule has 0 radical (unpaired) electrons. The summed E-state index contributed by atoms with van der Waals surface area (Å²) in [6.45, 7) is 4.96. The predicted molar refractivity (Wildman–Crippen MR) is 109 cm³/mol. The molecule has 0 unspecified atom stereocenters. The Labute approximate surface area is 171 Å². The van der Waals surface area contributed by atoms with E-state index < -0.39 is 15.9 Å². The van der Waals surface area contributed by atoms with Crippen LogP contribution >= 0.6 is 0 Å². The summed E-state index contributed by atoms with van der Waals surface area (Å²) in [6.07, 6.45) is 6.07. The van der Waals surface area contributed by atoms with Crippen LogP contribution in [-0.2, 0) is 10.0 Å². The number of carbonyl (C=O) groups excluding carboxylic acids is 1. The van der Waals surface area contributed by atoms with Gasteiger partial charge in [0.15, 0.2) is 0 Å². The van der Waals surface area contributed by atoms with E-state index in [1.807, 2.05) is 6.07 Å². The van der Waals surface area contributed by atoms with E-state index in [4.69, 9.17) is 0 Å². The van der Waals surface area contributed by atoms with Crippen LogP contribution in [0, 0.1) is 0 Å². The summed E-state index contributed by atoms with van der Waals surface area (Å²) in [5.74, 6) is 0.379. The number of amides is 1. The van der Waals surface area contributed by atoms with Crippen molar-refractivity contribution < 1.29 is 13.2 Å². The van der Waals surface area contributed by atoms with Crippen LogP contribution in [0.4, 0.5) is 5.95 Å². The van der Waals surface area contributed by atoms with E-state index in [0.29, 0.717) is 6.42 Å². The molecule has 8 nitrogen and oxygen atoms in total. The zero-order valence-corrected chi connectivity index (χ0v) is 17.1. The molecule has 1 fully saturated rings. The van der Waals surface area contributed by atoms with E-state index in [2.05, 4.69) is 19.8 Å². The lowest BCUT2D eigenvalue weighted by Gasteiger charge is -2.34. The fraction of sp³-hybridized carbons (Fsp3) is 0.450. The van der Waals surface area contributed by atoms with Gasteiger partial charge in [-0.25, -0.2) is 22.7 Å². The van der Waals surface area contributed by atoms with Crippen molar-refractivity contribution in [3.63, 3.8) is 0 Å². The zero-order chi connectivity index (χ0) is 20.3. The largest absolute Gasteiger partial charge is 0.338 e. The first kappa shape index (κ1) is 19.8. The van der Waals surface area contributed by atoms with Crippen LogP contribution in [0.5, 0.6) is 0 Å². The number of benzene rings is 1. The highest BCUT2D eigenvalue weighted by Crippen LogP contribution is 2.30. The van der Waals surface area contributed by atoms with Gasteiger partial charge in [0.2, 0.25) is 5.95 Å². The van der Waals surface area contributed by atoms with Crippen molar-refractivity contribution in [2.24, 2.45) is 0 Å². The van der Waals surface area contributed by atoms with E-state index in [0.717, 1.165) is 55.8 Å². The standard InChI is InChI=1S/C20H25N5O3S/c26-19-17-7-2-3-8-18(17)29(27,28)25(19)12-5-1-4-11-23-13-15-24(16-14-23)20-21-9-6-10-22-20/h2-3,6-10H,1,4-5,11-16H2. The van der Waals surface area contributed by atoms with Crippen LogP contribution in [0.2, 0.25) is 0 Å². The van der Waals surface area contributed by atoms with Gasteiger partial charge in [0.25, 0.3) is 15.9 Å². The second kappa shape index (κ2) is 8.46. The number of hydrogen-bond donors (Lipinski definition) is 0. The number of piperazine rings is 1. The van der Waals surface area contributed by atoms with Gasteiger partial charge in [0.1, 0.15) is 4.90 Å². The highest BCUT2D eigenvalue weighted by molar-refractivity contribution is 7.90. The molecule has 1 aromatic carbocycles. The Morgan fingerprint density at radius 2 is 1.55 bits per heavy atom. The quantitative estimate of drug-likeness (QED) is 0.635. The van der Waals surface area contributed by atoms with Crippen LogP contribution in [0.1, 0.15) is 29.6 Å². The van der Waals surface area contributed by atoms with Gasteiger partial charge in [-0.1, -0.05) is 18.6 Å². The average molecular weight is 416 g/mol. The van der Waals surface area contributed by atoms with E-state index in [9.17, 15) is 13.2 Å². The molecule has 1 amide bonds. The Kier molecular flexibility index (Phi) is 5.77. The van der Waals surface area contributed by atoms with Gasteiger partial charge in [-0.05, 0) is 37.6 Å². The number of carbonyl (C=O) groups is 1. The Balaban J connectivity index is 1.18. The number of sulfonamides is 1. The van der Waals surface area contributed by atoms with Crippen molar-refractivity contribution in [1.82, 2.24) is 19.2 Å². The normalized spacial score (nSPS) is 18.8. The summed E-state index contributed by atoms with van der Waals surface area (Å²) < 4.78 is 26.1. The molecule has 0 bridgehead atoms. The first-order chi connectivity index (χ1) is 14.1. The molecule has 154 valence electrons. The minimum absolute atomic E-state index is 0.130. The first-order valence-electron chi connectivity index (χ1n) is 9.98. The van der Waals surface area contributed by atoms with Crippen LogP contribution in [0.25, 0.3) is 0 Å². The van der Waals surface area contributed by atoms with Crippen molar-refractivity contribution in [2.45, 2.75) is 24.2 Å². The third-order valence-corrected chi connectivity index (χ3v) is 7.30. The molecule has 2 aliphatic heterocycles. The highest BCUT2D eigenvalue weighted by atomic mass is 32.2. The molecule has 9 heteroatoms. The lowest BCUT2D eigenvalue weighted by Crippen LogP contribution is -2.47. The average Bonchev–Trinajstić information content (AvgIpc) is 2.95. The minimum atomic E-state index is -3.68. The molecule has 0 N–H and O–H groups in total. The van der Waals surface area contributed by atoms with E-state index in [-0.39, 0.29) is 17.0 Å². The van der Waals surface area contributed by atoms with E-state index >= 15 is 0 Å². The summed E-state index contributed by atoms with van der Waals surface area (Å²) >= 11 is 0. The van der Waals surface area contributed by atoms with Crippen molar-refractivity contribution in [3.8, 4) is 0 Å². The highest BCUT2D eigenvalue weighted by Gasteiger charge is 2.40. The lowest BCUT2D eigenvalue weighted by molar-refractivity contribution is 0.0869. The fourth-order valence-corrected chi connectivity index (χ4v) is 5.45. The number of aromatic nitrogens is 2. The molecule has 29 heavy (non-hydrogen) atoms. The van der Waals surface area contributed by atoms with Crippen LogP contribution in [0.3, 0.4) is 0 Å². The second-order valence-electron chi connectivity index (χ2n) is 7.32. The van der Waals surface area contributed by atoms with Gasteiger partial charge in [-0.15, -0.1) is 0 Å². The first-order valence-corrected chi connectivity index (χ1v) is 11.4. The predicted octanol–water partition coefficient (Wildman–Crippen LogP) is 1.61. The lowest BCUT2D eigenvalue weighted by atomic mass is 10.2. The number of rotatable bonds is 7. The third kappa shape index (κ3) is 4.11. The molecule has 0 aliphatic carbocycles. The number of fused-ring (bicyclic) bond motifs is 1. The molecule has 2 aliphatic rings. The molecule has 0 saturated carbocycles. The Bertz CT molecular complexity index is 959. The van der Waals surface area contributed by atoms with Crippen molar-refractivity contribution in [2.75, 3.05) is 44.2 Å². The number of hydrogen-bond acceptors (Lipinski definition) is 7. The molecule has 1 saturated heterocycles. The third-order valence-electron chi connectivity index (χ3n) is 5.45. The molecule has 0 atom stereocenters. The Hall–Kier alpha value is -2.52. The van der Waals surface area contributed by atoms with E-state index in [1.54, 1.807) is 30.6 Å². The zero-order valence-electron chi connectivity index (χ0n) is 16.3. The topological polar surface area (TPSA) is 86.7 Å². The molecule has 4 rings (SSSR count). The summed E-state index contributed by atoms with van der Waals surface area (Å²) in [4.78, 5) is 25.7. The minimum Gasteiger partial charge on any atom is -0.338 e. The van der Waals surface area contributed by atoms with Gasteiger partial charge < -0.3 is 4.90 Å². The van der Waals surface area contributed by atoms with E-state index in [1.165, 1.54) is 6.07 Å². The van der Waals surface area contributed by atoms with Gasteiger partial charge in [0, 0.05) is 45.1 Å². The van der Waals surface area contributed by atoms with Crippen molar-refractivity contribution >= 4 is 21.9 Å². The van der Waals surface area contributed by atoms with Crippen LogP contribution < -0.4 is 4.90 Å². The molecule has 2 aromatic rings. The maximum absolute atomic E-state index is 12.5. The smallest absolute Gasteiger partial charge is 0.269 e. The summed E-state index contributed by atoms with van der Waals surface area (Å²) in [5.41, 5.74) is 0.285. The summed E-state index contributed by atoms with van der Waals surface area (Å²) in [6, 6.07) is 8.24. The monoisotopic (exact) mass is 415 g/mol. The molecular weight excluding hydrogens is 390 g/mol. The van der Waals surface area contributed by atoms with Crippen LogP contribution in [0.15, 0.2) is 47.6 Å². The van der Waals surface area contributed by atoms with Gasteiger partial charge >= 0.3 is 0 Å². The summed E-state index contributed by atoms with van der Waals surface area (Å²) in [7, 11) is -3.68. The maximum atomic E-state index is 12.5. The maximum Gasteiger partial charge on any atom is 0.269 e. The molecule has 3 heterocycles. The number of anilines is 1. The summed E-state index contributed by atoms with van der Waals surface area (Å²) in [5, 5.41) is 0. The second-order valence-corrected chi connectivity index (χ2v) is 9.15. The van der Waals surface area contributed by atoms with Gasteiger partial charge in [-0.2, -0.15) is 0 Å². The SMILES string of the molecule is O=C1c2ccccc2S(=O)(=O)N1CCCCCN1CCN(c2ncccn2)CC1.